The average Bonchev–Trinajstić information content (AvgIpc) is 2.40. The van der Waals surface area contributed by atoms with Crippen LogP contribution < -0.4 is 4.90 Å². The molecule has 0 amide bonds. The minimum Gasteiger partial charge on any atom is -0.381 e. The highest BCUT2D eigenvalue weighted by molar-refractivity contribution is 6.30. The fraction of sp³-hybridized carbons (Fsp3) is 0.733. The van der Waals surface area contributed by atoms with Gasteiger partial charge < -0.3 is 9.64 Å². The number of ether oxygens (including phenoxy) is 1. The van der Waals surface area contributed by atoms with Crippen molar-refractivity contribution < 1.29 is 4.74 Å². The van der Waals surface area contributed by atoms with Crippen molar-refractivity contribution in [1.29, 1.82) is 0 Å². The lowest BCUT2D eigenvalue weighted by atomic mass is 9.95. The van der Waals surface area contributed by atoms with Crippen LogP contribution in [0.5, 0.6) is 0 Å². The Morgan fingerprint density at radius 3 is 2.30 bits per heavy atom. The van der Waals surface area contributed by atoms with Crippen molar-refractivity contribution >= 4 is 17.4 Å². The minimum absolute atomic E-state index is 0.100. The second-order valence-electron chi connectivity index (χ2n) is 6.46. The van der Waals surface area contributed by atoms with E-state index < -0.39 is 0 Å². The number of hydrogen-bond donors (Lipinski definition) is 0. The van der Waals surface area contributed by atoms with Gasteiger partial charge >= 0.3 is 0 Å². The SMILES string of the molecule is COC1CCN(c2nc(C(C)(C)C)nc(Cl)c2C)CC1. The third-order valence-corrected chi connectivity index (χ3v) is 4.17. The Morgan fingerprint density at radius 2 is 1.80 bits per heavy atom. The molecule has 5 heteroatoms. The summed E-state index contributed by atoms with van der Waals surface area (Å²) in [6, 6.07) is 0. The zero-order valence-electron chi connectivity index (χ0n) is 13.0. The van der Waals surface area contributed by atoms with Crippen LogP contribution in [0.15, 0.2) is 0 Å². The Balaban J connectivity index is 2.29. The van der Waals surface area contributed by atoms with E-state index >= 15 is 0 Å². The normalized spacial score (nSPS) is 17.6. The van der Waals surface area contributed by atoms with Gasteiger partial charge in [0.1, 0.15) is 16.8 Å². The summed E-state index contributed by atoms with van der Waals surface area (Å²) in [6.07, 6.45) is 2.43. The molecule has 0 bridgehead atoms. The van der Waals surface area contributed by atoms with Gasteiger partial charge in [0, 0.05) is 31.2 Å². The van der Waals surface area contributed by atoms with Gasteiger partial charge in [0.2, 0.25) is 0 Å². The molecule has 4 nitrogen and oxygen atoms in total. The van der Waals surface area contributed by atoms with Crippen molar-refractivity contribution in [2.24, 2.45) is 0 Å². The molecule has 1 aromatic rings. The Morgan fingerprint density at radius 1 is 1.20 bits per heavy atom. The van der Waals surface area contributed by atoms with E-state index in [4.69, 9.17) is 21.3 Å². The van der Waals surface area contributed by atoms with Gasteiger partial charge in [-0.25, -0.2) is 9.97 Å². The summed E-state index contributed by atoms with van der Waals surface area (Å²) in [5.41, 5.74) is 0.868. The predicted octanol–water partition coefficient (Wildman–Crippen LogP) is 3.35. The van der Waals surface area contributed by atoms with Crippen molar-refractivity contribution in [2.45, 2.75) is 52.1 Å². The van der Waals surface area contributed by atoms with E-state index in [2.05, 4.69) is 30.7 Å². The second-order valence-corrected chi connectivity index (χ2v) is 6.82. The lowest BCUT2D eigenvalue weighted by molar-refractivity contribution is 0.0817. The zero-order valence-corrected chi connectivity index (χ0v) is 13.8. The summed E-state index contributed by atoms with van der Waals surface area (Å²) in [7, 11) is 1.78. The topological polar surface area (TPSA) is 38.2 Å². The van der Waals surface area contributed by atoms with Crippen molar-refractivity contribution in [3.63, 3.8) is 0 Å². The van der Waals surface area contributed by atoms with E-state index in [1.807, 2.05) is 6.92 Å². The van der Waals surface area contributed by atoms with Crippen molar-refractivity contribution in [1.82, 2.24) is 9.97 Å². The molecule has 0 atom stereocenters. The summed E-state index contributed by atoms with van der Waals surface area (Å²) in [5, 5.41) is 0.564. The molecular formula is C15H24ClN3O. The molecule has 2 heterocycles. The number of hydrogen-bond acceptors (Lipinski definition) is 4. The van der Waals surface area contributed by atoms with E-state index in [9.17, 15) is 0 Å². The Hall–Kier alpha value is -0.870. The van der Waals surface area contributed by atoms with Crippen LogP contribution in [0.2, 0.25) is 5.15 Å². The standard InChI is InChI=1S/C15H24ClN3O/c1-10-12(16)17-14(15(2,3)4)18-13(10)19-8-6-11(20-5)7-9-19/h11H,6-9H2,1-5H3. The Bertz CT molecular complexity index is 477. The fourth-order valence-electron chi connectivity index (χ4n) is 2.42. The third-order valence-electron chi connectivity index (χ3n) is 3.81. The van der Waals surface area contributed by atoms with Gasteiger partial charge in [-0.3, -0.25) is 0 Å². The van der Waals surface area contributed by atoms with Crippen LogP contribution in [0, 0.1) is 6.92 Å². The molecule has 0 aromatic carbocycles. The van der Waals surface area contributed by atoms with Crippen molar-refractivity contribution in [2.75, 3.05) is 25.1 Å². The number of anilines is 1. The smallest absolute Gasteiger partial charge is 0.137 e. The predicted molar refractivity (Wildman–Crippen MR) is 82.7 cm³/mol. The Kier molecular flexibility index (Phi) is 4.55. The van der Waals surface area contributed by atoms with Gasteiger partial charge in [0.15, 0.2) is 0 Å². The highest BCUT2D eigenvalue weighted by Gasteiger charge is 2.25. The molecule has 1 aliphatic heterocycles. The molecule has 1 aromatic heterocycles. The van der Waals surface area contributed by atoms with Crippen LogP contribution in [0.3, 0.4) is 0 Å². The summed E-state index contributed by atoms with van der Waals surface area (Å²) in [5.74, 6) is 1.78. The fourth-order valence-corrected chi connectivity index (χ4v) is 2.59. The van der Waals surface area contributed by atoms with Crippen LogP contribution >= 0.6 is 11.6 Å². The van der Waals surface area contributed by atoms with Crippen molar-refractivity contribution in [3.8, 4) is 0 Å². The van der Waals surface area contributed by atoms with Gasteiger partial charge in [-0.2, -0.15) is 0 Å². The molecule has 0 unspecified atom stereocenters. The molecule has 1 fully saturated rings. The summed E-state index contributed by atoms with van der Waals surface area (Å²) in [4.78, 5) is 11.5. The van der Waals surface area contributed by atoms with Gasteiger partial charge in [-0.15, -0.1) is 0 Å². The Labute approximate surface area is 126 Å². The molecule has 2 rings (SSSR count). The first-order chi connectivity index (χ1) is 9.32. The minimum atomic E-state index is -0.100. The monoisotopic (exact) mass is 297 g/mol. The number of halogens is 1. The lowest BCUT2D eigenvalue weighted by Crippen LogP contribution is -2.38. The maximum atomic E-state index is 6.30. The first kappa shape index (κ1) is 15.5. The number of aromatic nitrogens is 2. The molecule has 0 radical (unpaired) electrons. The van der Waals surface area contributed by atoms with Gasteiger partial charge in [-0.05, 0) is 19.8 Å². The molecule has 112 valence electrons. The number of piperidine rings is 1. The van der Waals surface area contributed by atoms with E-state index in [1.54, 1.807) is 7.11 Å². The highest BCUT2D eigenvalue weighted by atomic mass is 35.5. The molecule has 20 heavy (non-hydrogen) atoms. The maximum absolute atomic E-state index is 6.30. The summed E-state index contributed by atoms with van der Waals surface area (Å²) in [6.45, 7) is 10.2. The maximum Gasteiger partial charge on any atom is 0.137 e. The average molecular weight is 298 g/mol. The molecule has 0 N–H and O–H groups in total. The van der Waals surface area contributed by atoms with Crippen LogP contribution in [-0.4, -0.2) is 36.3 Å². The molecule has 0 saturated carbocycles. The first-order valence-corrected chi connectivity index (χ1v) is 7.53. The lowest BCUT2D eigenvalue weighted by Gasteiger charge is -2.33. The van der Waals surface area contributed by atoms with E-state index in [0.29, 0.717) is 11.3 Å². The van der Waals surface area contributed by atoms with Crippen molar-refractivity contribution in [3.05, 3.63) is 16.5 Å². The van der Waals surface area contributed by atoms with Gasteiger partial charge in [0.25, 0.3) is 0 Å². The van der Waals surface area contributed by atoms with Gasteiger partial charge in [0.05, 0.1) is 6.10 Å². The van der Waals surface area contributed by atoms with E-state index in [0.717, 1.165) is 43.1 Å². The number of rotatable bonds is 2. The number of nitrogens with zero attached hydrogens (tertiary/aromatic N) is 3. The second kappa shape index (κ2) is 5.86. The van der Waals surface area contributed by atoms with E-state index in [1.165, 1.54) is 0 Å². The van der Waals surface area contributed by atoms with Gasteiger partial charge in [-0.1, -0.05) is 32.4 Å². The summed E-state index contributed by atoms with van der Waals surface area (Å²) < 4.78 is 5.42. The molecular weight excluding hydrogens is 274 g/mol. The van der Waals surface area contributed by atoms with Crippen LogP contribution in [0.4, 0.5) is 5.82 Å². The third kappa shape index (κ3) is 3.23. The first-order valence-electron chi connectivity index (χ1n) is 7.15. The van der Waals surface area contributed by atoms with E-state index in [-0.39, 0.29) is 5.41 Å². The summed E-state index contributed by atoms with van der Waals surface area (Å²) >= 11 is 6.30. The van der Waals surface area contributed by atoms with Crippen LogP contribution in [-0.2, 0) is 10.2 Å². The molecule has 1 aliphatic rings. The highest BCUT2D eigenvalue weighted by Crippen LogP contribution is 2.30. The molecule has 1 saturated heterocycles. The molecule has 0 aliphatic carbocycles. The quantitative estimate of drug-likeness (QED) is 0.785. The number of methoxy groups -OCH3 is 1. The largest absolute Gasteiger partial charge is 0.381 e. The van der Waals surface area contributed by atoms with Crippen LogP contribution in [0.25, 0.3) is 0 Å². The van der Waals surface area contributed by atoms with Crippen LogP contribution in [0.1, 0.15) is 45.0 Å². The molecule has 0 spiro atoms. The zero-order chi connectivity index (χ0) is 14.9.